The molecular formula is C24H38N4O2. The van der Waals surface area contributed by atoms with Crippen LogP contribution in [0.5, 0.6) is 0 Å². The van der Waals surface area contributed by atoms with E-state index in [1.165, 1.54) is 11.1 Å². The van der Waals surface area contributed by atoms with Crippen LogP contribution in [0.1, 0.15) is 50.7 Å². The molecule has 166 valence electrons. The average molecular weight is 415 g/mol. The summed E-state index contributed by atoms with van der Waals surface area (Å²) in [7, 11) is 0. The molecule has 6 nitrogen and oxygen atoms in total. The van der Waals surface area contributed by atoms with E-state index in [9.17, 15) is 9.59 Å². The van der Waals surface area contributed by atoms with E-state index in [2.05, 4.69) is 55.3 Å². The molecule has 1 aliphatic carbocycles. The number of hydrogen-bond donors (Lipinski definition) is 2. The molecule has 1 heterocycles. The predicted molar refractivity (Wildman–Crippen MR) is 120 cm³/mol. The van der Waals surface area contributed by atoms with Crippen molar-refractivity contribution >= 4 is 11.8 Å². The molecular weight excluding hydrogens is 376 g/mol. The second kappa shape index (κ2) is 10.4. The smallest absolute Gasteiger partial charge is 0.242 e. The van der Waals surface area contributed by atoms with Crippen LogP contribution in [-0.2, 0) is 16.1 Å². The SMILES string of the molecule is Cc1ccc(CN(CC(C)C)C2CCN(C(=O)C3CC3)[C@@H](C(=O)NCCN)C2)cc1. The molecule has 30 heavy (non-hydrogen) atoms. The maximum atomic E-state index is 12.9. The van der Waals surface area contributed by atoms with Crippen molar-refractivity contribution < 1.29 is 9.59 Å². The number of piperidine rings is 1. The topological polar surface area (TPSA) is 78.7 Å². The van der Waals surface area contributed by atoms with Crippen molar-refractivity contribution in [2.75, 3.05) is 26.2 Å². The molecule has 0 aromatic heterocycles. The normalized spacial score (nSPS) is 21.9. The summed E-state index contributed by atoms with van der Waals surface area (Å²) in [6.07, 6.45) is 3.52. The molecule has 0 spiro atoms. The molecule has 1 aromatic carbocycles. The standard InChI is InChI=1S/C24H38N4O2/c1-17(2)15-27(16-19-6-4-18(3)5-7-19)21-10-13-28(24(30)20-8-9-20)22(14-21)23(29)26-12-11-25/h4-7,17,20-22H,8-16,25H2,1-3H3,(H,26,29)/t21?,22-/m1/s1. The first-order valence-electron chi connectivity index (χ1n) is 11.5. The number of carbonyl (C=O) groups excluding carboxylic acids is 2. The Morgan fingerprint density at radius 1 is 1.20 bits per heavy atom. The van der Waals surface area contributed by atoms with Crippen LogP contribution in [0.2, 0.25) is 0 Å². The number of hydrogen-bond acceptors (Lipinski definition) is 4. The fraction of sp³-hybridized carbons (Fsp3) is 0.667. The van der Waals surface area contributed by atoms with Crippen molar-refractivity contribution in [2.45, 2.75) is 65.1 Å². The van der Waals surface area contributed by atoms with E-state index in [1.807, 2.05) is 4.90 Å². The Morgan fingerprint density at radius 2 is 1.90 bits per heavy atom. The van der Waals surface area contributed by atoms with E-state index < -0.39 is 6.04 Å². The Hall–Kier alpha value is -1.92. The van der Waals surface area contributed by atoms with Crippen LogP contribution in [0.4, 0.5) is 0 Å². The van der Waals surface area contributed by atoms with Gasteiger partial charge in [-0.25, -0.2) is 0 Å². The van der Waals surface area contributed by atoms with Crippen LogP contribution < -0.4 is 11.1 Å². The zero-order valence-corrected chi connectivity index (χ0v) is 18.8. The van der Waals surface area contributed by atoms with E-state index in [0.717, 1.165) is 32.4 Å². The summed E-state index contributed by atoms with van der Waals surface area (Å²) in [5.74, 6) is 0.769. The maximum Gasteiger partial charge on any atom is 0.242 e. The zero-order valence-electron chi connectivity index (χ0n) is 18.8. The fourth-order valence-corrected chi connectivity index (χ4v) is 4.41. The lowest BCUT2D eigenvalue weighted by molar-refractivity contribution is -0.144. The van der Waals surface area contributed by atoms with E-state index in [1.54, 1.807) is 0 Å². The molecule has 0 bridgehead atoms. The van der Waals surface area contributed by atoms with Crippen LogP contribution in [0.3, 0.4) is 0 Å². The van der Waals surface area contributed by atoms with Crippen LogP contribution in [-0.4, -0.2) is 59.9 Å². The number of likely N-dealkylation sites (tertiary alicyclic amines) is 1. The number of benzene rings is 1. The van der Waals surface area contributed by atoms with Gasteiger partial charge in [0.25, 0.3) is 0 Å². The predicted octanol–water partition coefficient (Wildman–Crippen LogP) is 2.30. The van der Waals surface area contributed by atoms with Crippen LogP contribution in [0.15, 0.2) is 24.3 Å². The summed E-state index contributed by atoms with van der Waals surface area (Å²) in [4.78, 5) is 30.1. The second-order valence-electron chi connectivity index (χ2n) is 9.39. The molecule has 1 saturated carbocycles. The highest BCUT2D eigenvalue weighted by Gasteiger charge is 2.42. The highest BCUT2D eigenvalue weighted by molar-refractivity contribution is 5.89. The summed E-state index contributed by atoms with van der Waals surface area (Å²) < 4.78 is 0. The van der Waals surface area contributed by atoms with Crippen LogP contribution >= 0.6 is 0 Å². The van der Waals surface area contributed by atoms with Gasteiger partial charge < -0.3 is 16.0 Å². The Labute approximate surface area is 181 Å². The number of rotatable bonds is 9. The summed E-state index contributed by atoms with van der Waals surface area (Å²) in [5.41, 5.74) is 8.14. The Morgan fingerprint density at radius 3 is 2.50 bits per heavy atom. The highest BCUT2D eigenvalue weighted by Crippen LogP contribution is 2.34. The molecule has 1 saturated heterocycles. The Bertz CT molecular complexity index is 714. The third-order valence-corrected chi connectivity index (χ3v) is 6.15. The highest BCUT2D eigenvalue weighted by atomic mass is 16.2. The van der Waals surface area contributed by atoms with Crippen LogP contribution in [0.25, 0.3) is 0 Å². The summed E-state index contributed by atoms with van der Waals surface area (Å²) >= 11 is 0. The van der Waals surface area contributed by atoms with E-state index >= 15 is 0 Å². The molecule has 2 amide bonds. The molecule has 0 radical (unpaired) electrons. The lowest BCUT2D eigenvalue weighted by atomic mass is 9.93. The lowest BCUT2D eigenvalue weighted by Crippen LogP contribution is -2.58. The van der Waals surface area contributed by atoms with Gasteiger partial charge in [-0.1, -0.05) is 43.7 Å². The van der Waals surface area contributed by atoms with Gasteiger partial charge in [-0.3, -0.25) is 14.5 Å². The number of nitrogens with zero attached hydrogens (tertiary/aromatic N) is 2. The molecule has 2 fully saturated rings. The van der Waals surface area contributed by atoms with Crippen LogP contribution in [0, 0.1) is 18.8 Å². The average Bonchev–Trinajstić information content (AvgIpc) is 3.57. The van der Waals surface area contributed by atoms with Gasteiger partial charge in [0.15, 0.2) is 0 Å². The van der Waals surface area contributed by atoms with Gasteiger partial charge in [0.1, 0.15) is 6.04 Å². The van der Waals surface area contributed by atoms with Gasteiger partial charge in [-0.15, -0.1) is 0 Å². The first kappa shape index (κ1) is 22.8. The number of amides is 2. The van der Waals surface area contributed by atoms with Crippen molar-refractivity contribution in [2.24, 2.45) is 17.6 Å². The minimum absolute atomic E-state index is 0.0565. The summed E-state index contributed by atoms with van der Waals surface area (Å²) in [6, 6.07) is 8.59. The number of aryl methyl sites for hydroxylation is 1. The first-order chi connectivity index (χ1) is 14.4. The quantitative estimate of drug-likeness (QED) is 0.650. The molecule has 3 N–H and O–H groups in total. The third kappa shape index (κ3) is 6.05. The van der Waals surface area contributed by atoms with E-state index in [-0.39, 0.29) is 23.8 Å². The van der Waals surface area contributed by atoms with Crippen molar-refractivity contribution in [1.29, 1.82) is 0 Å². The fourth-order valence-electron chi connectivity index (χ4n) is 4.41. The van der Waals surface area contributed by atoms with E-state index in [4.69, 9.17) is 5.73 Å². The zero-order chi connectivity index (χ0) is 21.7. The molecule has 1 aliphatic heterocycles. The van der Waals surface area contributed by atoms with Gasteiger partial charge in [0.2, 0.25) is 11.8 Å². The first-order valence-corrected chi connectivity index (χ1v) is 11.5. The second-order valence-corrected chi connectivity index (χ2v) is 9.39. The summed E-state index contributed by atoms with van der Waals surface area (Å²) in [5, 5.41) is 2.93. The molecule has 3 rings (SSSR count). The van der Waals surface area contributed by atoms with Crippen molar-refractivity contribution in [3.63, 3.8) is 0 Å². The van der Waals surface area contributed by atoms with Crippen molar-refractivity contribution in [1.82, 2.24) is 15.1 Å². The number of carbonyl (C=O) groups is 2. The Kier molecular flexibility index (Phi) is 7.89. The van der Waals surface area contributed by atoms with Crippen molar-refractivity contribution in [3.8, 4) is 0 Å². The van der Waals surface area contributed by atoms with Gasteiger partial charge in [0.05, 0.1) is 0 Å². The molecule has 1 unspecified atom stereocenters. The molecule has 2 atom stereocenters. The maximum absolute atomic E-state index is 12.9. The largest absolute Gasteiger partial charge is 0.353 e. The minimum atomic E-state index is -0.393. The van der Waals surface area contributed by atoms with Gasteiger partial charge >= 0.3 is 0 Å². The Balaban J connectivity index is 1.75. The third-order valence-electron chi connectivity index (χ3n) is 6.15. The van der Waals surface area contributed by atoms with E-state index in [0.29, 0.717) is 32.0 Å². The number of nitrogens with one attached hydrogen (secondary N) is 1. The molecule has 1 aromatic rings. The van der Waals surface area contributed by atoms with Gasteiger partial charge in [-0.2, -0.15) is 0 Å². The molecule has 2 aliphatic rings. The van der Waals surface area contributed by atoms with Gasteiger partial charge in [0, 0.05) is 44.7 Å². The monoisotopic (exact) mass is 414 g/mol. The minimum Gasteiger partial charge on any atom is -0.353 e. The van der Waals surface area contributed by atoms with Crippen molar-refractivity contribution in [3.05, 3.63) is 35.4 Å². The lowest BCUT2D eigenvalue weighted by Gasteiger charge is -2.43. The molecule has 6 heteroatoms. The summed E-state index contributed by atoms with van der Waals surface area (Å²) in [6.45, 7) is 9.94. The number of nitrogens with two attached hydrogens (primary N) is 1. The van der Waals surface area contributed by atoms with Gasteiger partial charge in [-0.05, 0) is 44.1 Å².